The molecule has 0 atom stereocenters. The largest absolute Gasteiger partial charge is 0.298 e. The molecule has 0 unspecified atom stereocenters. The number of halogens is 2. The van der Waals surface area contributed by atoms with Crippen molar-refractivity contribution in [3.05, 3.63) is 0 Å². The van der Waals surface area contributed by atoms with E-state index < -0.39 is 18.4 Å². The van der Waals surface area contributed by atoms with Crippen LogP contribution in [0.4, 0.5) is 8.78 Å². The van der Waals surface area contributed by atoms with Crippen molar-refractivity contribution in [2.75, 3.05) is 6.61 Å². The molecule has 0 saturated heterocycles. The van der Waals surface area contributed by atoms with Gasteiger partial charge >= 0.3 is 0 Å². The molecule has 0 heterocycles. The van der Waals surface area contributed by atoms with Crippen LogP contribution in [0.5, 0.6) is 0 Å². The van der Waals surface area contributed by atoms with Gasteiger partial charge in [-0.05, 0) is 0 Å². The zero-order chi connectivity index (χ0) is 7.49. The van der Waals surface area contributed by atoms with Crippen molar-refractivity contribution in [3.63, 3.8) is 0 Å². The number of hydrogen-bond donors (Lipinski definition) is 1. The predicted molar refractivity (Wildman–Crippen MR) is 29.9 cm³/mol. The molecule has 56 valence electrons. The van der Waals surface area contributed by atoms with E-state index in [-0.39, 0.29) is 0 Å². The molecule has 4 heteroatoms. The van der Waals surface area contributed by atoms with Crippen molar-refractivity contribution in [1.82, 2.24) is 0 Å². The summed E-state index contributed by atoms with van der Waals surface area (Å²) in [5.41, 5.74) is 0. The monoisotopic (exact) mass is 139 g/mol. The summed E-state index contributed by atoms with van der Waals surface area (Å²) in [6, 6.07) is 0. The molecule has 0 fully saturated rings. The van der Waals surface area contributed by atoms with Crippen molar-refractivity contribution >= 4 is 0 Å². The van der Waals surface area contributed by atoms with Gasteiger partial charge in [-0.3, -0.25) is 4.84 Å². The highest BCUT2D eigenvalue weighted by molar-refractivity contribution is 4.68. The van der Waals surface area contributed by atoms with E-state index in [0.717, 1.165) is 0 Å². The zero-order valence-electron chi connectivity index (χ0n) is 5.53. The van der Waals surface area contributed by atoms with Crippen LogP contribution in [0.15, 0.2) is 0 Å². The summed E-state index contributed by atoms with van der Waals surface area (Å²) >= 11 is 0. The van der Waals surface area contributed by atoms with Crippen LogP contribution in [0, 0.1) is 5.92 Å². The summed E-state index contributed by atoms with van der Waals surface area (Å²) in [5.74, 6) is 0.954. The Kier molecular flexibility index (Phi) is 3.00. The molecule has 0 aliphatic carbocycles. The van der Waals surface area contributed by atoms with Crippen LogP contribution in [0.3, 0.4) is 0 Å². The van der Waals surface area contributed by atoms with Crippen molar-refractivity contribution in [2.24, 2.45) is 11.8 Å². The fourth-order valence-corrected chi connectivity index (χ4v) is 0.278. The standard InChI is InChI=1S/C5H11F2NO/c1-4(2)5(6,7)3-9-8/h4H,3,8H2,1-2H3. The maximum absolute atomic E-state index is 12.3. The minimum absolute atomic E-state index is 0.704. The van der Waals surface area contributed by atoms with E-state index in [9.17, 15) is 8.78 Å². The quantitative estimate of drug-likeness (QED) is 0.595. The van der Waals surface area contributed by atoms with Crippen molar-refractivity contribution in [3.8, 4) is 0 Å². The minimum atomic E-state index is -2.80. The Morgan fingerprint density at radius 2 is 2.00 bits per heavy atom. The first-order valence-corrected chi connectivity index (χ1v) is 2.70. The van der Waals surface area contributed by atoms with E-state index in [1.165, 1.54) is 13.8 Å². The third-order valence-electron chi connectivity index (χ3n) is 1.12. The lowest BCUT2D eigenvalue weighted by molar-refractivity contribution is -0.109. The minimum Gasteiger partial charge on any atom is -0.298 e. The van der Waals surface area contributed by atoms with Gasteiger partial charge < -0.3 is 0 Å². The highest BCUT2D eigenvalue weighted by Gasteiger charge is 2.33. The van der Waals surface area contributed by atoms with Crippen molar-refractivity contribution in [1.29, 1.82) is 0 Å². The van der Waals surface area contributed by atoms with Crippen LogP contribution >= 0.6 is 0 Å². The summed E-state index contributed by atoms with van der Waals surface area (Å²) in [7, 11) is 0. The van der Waals surface area contributed by atoms with Crippen LogP contribution in [-0.2, 0) is 4.84 Å². The van der Waals surface area contributed by atoms with Crippen LogP contribution in [0.1, 0.15) is 13.8 Å². The van der Waals surface area contributed by atoms with Gasteiger partial charge in [-0.15, -0.1) is 0 Å². The molecule has 9 heavy (non-hydrogen) atoms. The Bertz CT molecular complexity index is 85.0. The highest BCUT2D eigenvalue weighted by atomic mass is 19.3. The Balaban J connectivity index is 3.70. The Morgan fingerprint density at radius 1 is 1.56 bits per heavy atom. The topological polar surface area (TPSA) is 35.2 Å². The molecular formula is C5H11F2NO. The molecule has 0 amide bonds. The first kappa shape index (κ1) is 8.78. The van der Waals surface area contributed by atoms with E-state index in [1.54, 1.807) is 0 Å². The molecule has 0 bridgehead atoms. The van der Waals surface area contributed by atoms with Gasteiger partial charge in [-0.25, -0.2) is 14.7 Å². The first-order valence-electron chi connectivity index (χ1n) is 2.70. The highest BCUT2D eigenvalue weighted by Crippen LogP contribution is 2.23. The molecule has 0 aliphatic heterocycles. The molecule has 0 rings (SSSR count). The van der Waals surface area contributed by atoms with Crippen LogP contribution < -0.4 is 5.90 Å². The zero-order valence-corrected chi connectivity index (χ0v) is 5.53. The number of rotatable bonds is 3. The van der Waals surface area contributed by atoms with Crippen molar-refractivity contribution < 1.29 is 13.6 Å². The number of hydrogen-bond acceptors (Lipinski definition) is 2. The third-order valence-corrected chi connectivity index (χ3v) is 1.12. The third kappa shape index (κ3) is 2.72. The van der Waals surface area contributed by atoms with Gasteiger partial charge in [0.15, 0.2) is 0 Å². The normalized spacial score (nSPS) is 12.7. The summed E-state index contributed by atoms with van der Waals surface area (Å²) in [5, 5.41) is 0. The molecule has 0 radical (unpaired) electrons. The van der Waals surface area contributed by atoms with E-state index in [0.29, 0.717) is 0 Å². The average Bonchev–Trinajstić information content (AvgIpc) is 1.65. The van der Waals surface area contributed by atoms with Gasteiger partial charge in [0.1, 0.15) is 6.61 Å². The lowest BCUT2D eigenvalue weighted by Gasteiger charge is -2.17. The summed E-state index contributed by atoms with van der Waals surface area (Å²) in [6.45, 7) is 2.13. The van der Waals surface area contributed by atoms with Gasteiger partial charge in [0.05, 0.1) is 0 Å². The van der Waals surface area contributed by atoms with Crippen molar-refractivity contribution in [2.45, 2.75) is 19.8 Å². The second-order valence-electron chi connectivity index (χ2n) is 2.23. The van der Waals surface area contributed by atoms with Gasteiger partial charge in [0.25, 0.3) is 5.92 Å². The summed E-state index contributed by atoms with van der Waals surface area (Å²) in [4.78, 5) is 3.82. The van der Waals surface area contributed by atoms with E-state index >= 15 is 0 Å². The lowest BCUT2D eigenvalue weighted by atomic mass is 10.1. The fraction of sp³-hybridized carbons (Fsp3) is 1.00. The molecule has 0 aromatic carbocycles. The fourth-order valence-electron chi connectivity index (χ4n) is 0.278. The molecule has 2 nitrogen and oxygen atoms in total. The van der Waals surface area contributed by atoms with E-state index in [4.69, 9.17) is 0 Å². The molecule has 0 aromatic heterocycles. The van der Waals surface area contributed by atoms with E-state index in [2.05, 4.69) is 10.7 Å². The molecule has 0 aliphatic rings. The predicted octanol–water partition coefficient (Wildman–Crippen LogP) is 1.17. The van der Waals surface area contributed by atoms with Gasteiger partial charge in [-0.1, -0.05) is 13.8 Å². The summed E-state index contributed by atoms with van der Waals surface area (Å²) in [6.07, 6.45) is 0. The Morgan fingerprint density at radius 3 is 2.11 bits per heavy atom. The van der Waals surface area contributed by atoms with Crippen LogP contribution in [-0.4, -0.2) is 12.5 Å². The molecule has 0 spiro atoms. The Hall–Kier alpha value is -0.220. The lowest BCUT2D eigenvalue weighted by Crippen LogP contribution is -2.31. The molecule has 0 saturated carbocycles. The summed E-state index contributed by atoms with van der Waals surface area (Å²) < 4.78 is 24.7. The second kappa shape index (κ2) is 3.08. The van der Waals surface area contributed by atoms with Crippen LogP contribution in [0.2, 0.25) is 0 Å². The average molecular weight is 139 g/mol. The van der Waals surface area contributed by atoms with Gasteiger partial charge in [-0.2, -0.15) is 0 Å². The SMILES string of the molecule is CC(C)C(F)(F)CON. The number of alkyl halides is 2. The maximum Gasteiger partial charge on any atom is 0.275 e. The van der Waals surface area contributed by atoms with Gasteiger partial charge in [0, 0.05) is 5.92 Å². The Labute approximate surface area is 52.9 Å². The smallest absolute Gasteiger partial charge is 0.275 e. The second-order valence-corrected chi connectivity index (χ2v) is 2.23. The van der Waals surface area contributed by atoms with Gasteiger partial charge in [0.2, 0.25) is 0 Å². The first-order chi connectivity index (χ1) is 4.00. The molecule has 0 aromatic rings. The van der Waals surface area contributed by atoms with Crippen LogP contribution in [0.25, 0.3) is 0 Å². The van der Waals surface area contributed by atoms with E-state index in [1.807, 2.05) is 0 Å². The molecule has 2 N–H and O–H groups in total. The maximum atomic E-state index is 12.3. The number of nitrogens with two attached hydrogens (primary N) is 1. The molecular weight excluding hydrogens is 128 g/mol.